The highest BCUT2D eigenvalue weighted by Gasteiger charge is 2.57. The molecule has 0 radical (unpaired) electrons. The van der Waals surface area contributed by atoms with Crippen LogP contribution in [0, 0.1) is 0 Å². The lowest BCUT2D eigenvalue weighted by Gasteiger charge is -2.48. The van der Waals surface area contributed by atoms with E-state index in [1.165, 1.54) is 0 Å². The van der Waals surface area contributed by atoms with Crippen molar-refractivity contribution in [3.05, 3.63) is 0 Å². The zero-order chi connectivity index (χ0) is 33.3. The molecule has 0 aromatic carbocycles. The van der Waals surface area contributed by atoms with Gasteiger partial charge in [-0.15, -0.1) is 0 Å². The van der Waals surface area contributed by atoms with E-state index in [1.54, 1.807) is 0 Å². The maximum absolute atomic E-state index is 12.2. The van der Waals surface area contributed by atoms with Crippen LogP contribution in [0.2, 0.25) is 0 Å². The van der Waals surface area contributed by atoms with Gasteiger partial charge in [-0.05, 0) is 0 Å². The fraction of sp³-hybridized carbons (Fsp3) is 0.731. The third-order valence-electron chi connectivity index (χ3n) is 5.90. The van der Waals surface area contributed by atoms with E-state index >= 15 is 0 Å². The average molecular weight is 637 g/mol. The molecule has 2 aliphatic heterocycles. The van der Waals surface area contributed by atoms with Gasteiger partial charge in [-0.3, -0.25) is 33.6 Å². The summed E-state index contributed by atoms with van der Waals surface area (Å²) in [4.78, 5) is 83.5. The molecule has 44 heavy (non-hydrogen) atoms. The molecule has 2 aliphatic rings. The Hall–Kier alpha value is -3.87. The quantitative estimate of drug-likeness (QED) is 0.203. The minimum absolute atomic E-state index is 0.572. The third kappa shape index (κ3) is 10.7. The van der Waals surface area contributed by atoms with Crippen LogP contribution in [0.4, 0.5) is 0 Å². The SMILES string of the molecule is CC(=O)OC[C@H]1O[C@@H](O[C@H]2[C@@H](OC(C)=O)[C@H](OC(C)=O)[C@@H](O)O[C@@H]2COC(C)=O)[C@H](OC(C)=O)[C@@H](OC(C)=O)[C@@H]1OC(C)=O. The Labute approximate surface area is 251 Å². The molecular formula is C26H36O18. The lowest BCUT2D eigenvalue weighted by Crippen LogP contribution is -2.67. The average Bonchev–Trinajstić information content (AvgIpc) is 2.87. The molecule has 2 fully saturated rings. The van der Waals surface area contributed by atoms with Crippen LogP contribution in [0.5, 0.6) is 0 Å². The van der Waals surface area contributed by atoms with Crippen molar-refractivity contribution in [2.75, 3.05) is 13.2 Å². The van der Waals surface area contributed by atoms with Crippen LogP contribution in [0.15, 0.2) is 0 Å². The smallest absolute Gasteiger partial charge is 0.303 e. The molecule has 10 atom stereocenters. The van der Waals surface area contributed by atoms with E-state index in [-0.39, 0.29) is 0 Å². The van der Waals surface area contributed by atoms with E-state index < -0.39 is 116 Å². The Kier molecular flexibility index (Phi) is 13.4. The van der Waals surface area contributed by atoms with Gasteiger partial charge in [-0.2, -0.15) is 0 Å². The Morgan fingerprint density at radius 1 is 0.477 bits per heavy atom. The molecule has 0 bridgehead atoms. The number of hydrogen-bond acceptors (Lipinski definition) is 18. The highest BCUT2D eigenvalue weighted by atomic mass is 16.8. The number of aliphatic hydroxyl groups excluding tert-OH is 1. The first-order valence-corrected chi connectivity index (χ1v) is 13.3. The van der Waals surface area contributed by atoms with Crippen molar-refractivity contribution in [2.45, 2.75) is 110 Å². The van der Waals surface area contributed by atoms with Crippen LogP contribution in [0.25, 0.3) is 0 Å². The maximum atomic E-state index is 12.2. The summed E-state index contributed by atoms with van der Waals surface area (Å²) in [7, 11) is 0. The van der Waals surface area contributed by atoms with Crippen molar-refractivity contribution >= 4 is 41.8 Å². The highest BCUT2D eigenvalue weighted by molar-refractivity contribution is 5.69. The van der Waals surface area contributed by atoms with Gasteiger partial charge in [-0.1, -0.05) is 0 Å². The van der Waals surface area contributed by atoms with Crippen LogP contribution in [0.1, 0.15) is 48.5 Å². The molecule has 2 heterocycles. The highest BCUT2D eigenvalue weighted by Crippen LogP contribution is 2.34. The second-order valence-electron chi connectivity index (χ2n) is 9.68. The fourth-order valence-corrected chi connectivity index (χ4v) is 4.49. The zero-order valence-electron chi connectivity index (χ0n) is 25.1. The molecule has 0 aromatic heterocycles. The minimum Gasteiger partial charge on any atom is -0.463 e. The summed E-state index contributed by atoms with van der Waals surface area (Å²) in [5.41, 5.74) is 0. The molecule has 0 aliphatic carbocycles. The number of hydrogen-bond donors (Lipinski definition) is 1. The van der Waals surface area contributed by atoms with Gasteiger partial charge in [0, 0.05) is 48.5 Å². The van der Waals surface area contributed by atoms with Crippen molar-refractivity contribution in [3.8, 4) is 0 Å². The summed E-state index contributed by atoms with van der Waals surface area (Å²) in [5, 5.41) is 10.6. The van der Waals surface area contributed by atoms with Gasteiger partial charge in [0.25, 0.3) is 0 Å². The predicted molar refractivity (Wildman–Crippen MR) is 135 cm³/mol. The Morgan fingerprint density at radius 2 is 0.841 bits per heavy atom. The minimum atomic E-state index is -1.90. The van der Waals surface area contributed by atoms with E-state index in [1.807, 2.05) is 0 Å². The molecule has 1 N–H and O–H groups in total. The van der Waals surface area contributed by atoms with Gasteiger partial charge in [0.15, 0.2) is 43.1 Å². The number of ether oxygens (including phenoxy) is 10. The molecule has 2 saturated heterocycles. The van der Waals surface area contributed by atoms with Gasteiger partial charge >= 0.3 is 41.8 Å². The lowest BCUT2D eigenvalue weighted by molar-refractivity contribution is -0.357. The second kappa shape index (κ2) is 16.3. The number of carbonyl (C=O) groups excluding carboxylic acids is 7. The number of rotatable bonds is 11. The van der Waals surface area contributed by atoms with E-state index in [2.05, 4.69) is 0 Å². The van der Waals surface area contributed by atoms with Crippen molar-refractivity contribution in [2.24, 2.45) is 0 Å². The summed E-state index contributed by atoms with van der Waals surface area (Å²) < 4.78 is 54.1. The monoisotopic (exact) mass is 636 g/mol. The van der Waals surface area contributed by atoms with Crippen LogP contribution in [0.3, 0.4) is 0 Å². The summed E-state index contributed by atoms with van der Waals surface area (Å²) in [6.07, 6.45) is -16.3. The molecule has 18 nitrogen and oxygen atoms in total. The van der Waals surface area contributed by atoms with Crippen molar-refractivity contribution in [3.63, 3.8) is 0 Å². The molecule has 2 rings (SSSR count). The van der Waals surface area contributed by atoms with E-state index in [9.17, 15) is 38.7 Å². The van der Waals surface area contributed by atoms with E-state index in [0.29, 0.717) is 0 Å². The van der Waals surface area contributed by atoms with Crippen molar-refractivity contribution < 1.29 is 86.0 Å². The zero-order valence-corrected chi connectivity index (χ0v) is 25.1. The van der Waals surface area contributed by atoms with E-state index in [0.717, 1.165) is 48.5 Å². The summed E-state index contributed by atoms with van der Waals surface area (Å²) in [6, 6.07) is 0. The summed E-state index contributed by atoms with van der Waals surface area (Å²) in [5.74, 6) is -6.03. The Balaban J connectivity index is 2.66. The molecule has 0 unspecified atom stereocenters. The number of aliphatic hydroxyl groups is 1. The molecule has 0 amide bonds. The molecule has 0 aromatic rings. The maximum Gasteiger partial charge on any atom is 0.303 e. The van der Waals surface area contributed by atoms with Crippen molar-refractivity contribution in [1.82, 2.24) is 0 Å². The van der Waals surface area contributed by atoms with E-state index in [4.69, 9.17) is 47.4 Å². The van der Waals surface area contributed by atoms with Crippen molar-refractivity contribution in [1.29, 1.82) is 0 Å². The largest absolute Gasteiger partial charge is 0.463 e. The predicted octanol–water partition coefficient (Wildman–Crippen LogP) is -1.40. The summed E-state index contributed by atoms with van der Waals surface area (Å²) in [6.45, 7) is 6.11. The first-order chi connectivity index (χ1) is 20.5. The summed E-state index contributed by atoms with van der Waals surface area (Å²) >= 11 is 0. The normalized spacial score (nSPS) is 31.5. The third-order valence-corrected chi connectivity index (χ3v) is 5.90. The van der Waals surface area contributed by atoms with Crippen LogP contribution >= 0.6 is 0 Å². The molecular weight excluding hydrogens is 600 g/mol. The van der Waals surface area contributed by atoms with Crippen LogP contribution in [-0.2, 0) is 80.9 Å². The molecule has 248 valence electrons. The Bertz CT molecular complexity index is 1090. The van der Waals surface area contributed by atoms with Gasteiger partial charge in [-0.25, -0.2) is 0 Å². The van der Waals surface area contributed by atoms with Gasteiger partial charge in [0.1, 0.15) is 31.5 Å². The first kappa shape index (κ1) is 36.3. The van der Waals surface area contributed by atoms with Crippen LogP contribution < -0.4 is 0 Å². The van der Waals surface area contributed by atoms with Crippen LogP contribution in [-0.4, -0.2) is 122 Å². The topological polar surface area (TPSA) is 232 Å². The molecule has 18 heteroatoms. The molecule has 0 spiro atoms. The number of esters is 7. The fourth-order valence-electron chi connectivity index (χ4n) is 4.49. The first-order valence-electron chi connectivity index (χ1n) is 13.3. The van der Waals surface area contributed by atoms with Gasteiger partial charge in [0.2, 0.25) is 0 Å². The second-order valence-corrected chi connectivity index (χ2v) is 9.68. The molecule has 0 saturated carbocycles. The number of carbonyl (C=O) groups is 7. The van der Waals surface area contributed by atoms with Gasteiger partial charge < -0.3 is 52.5 Å². The Morgan fingerprint density at radius 3 is 1.27 bits per heavy atom. The lowest BCUT2D eigenvalue weighted by atomic mass is 9.96. The van der Waals surface area contributed by atoms with Gasteiger partial charge in [0.05, 0.1) is 0 Å². The standard InChI is InChI=1S/C26H36O18/c1-10(27)35-8-17-20(21(38-13(4)30)23(25(34)42-17)40-15(6)32)44-26-24(41-16(7)33)22(39-14(5)31)19(37-12(3)29)18(43-26)9-36-11(2)28/h17-26,34H,8-9H2,1-7H3/t17-,18-,19-,20-,21-,22+,23+,24-,25+,26+/m1/s1.